The first kappa shape index (κ1) is 11.3. The molecule has 1 aromatic carbocycles. The Hall–Kier alpha value is -1.75. The Morgan fingerprint density at radius 2 is 2.17 bits per heavy atom. The van der Waals surface area contributed by atoms with Crippen LogP contribution < -0.4 is 14.8 Å². The quantitative estimate of drug-likeness (QED) is 0.830. The van der Waals surface area contributed by atoms with Gasteiger partial charge < -0.3 is 19.9 Å². The van der Waals surface area contributed by atoms with E-state index in [-0.39, 0.29) is 18.8 Å². The topological polar surface area (TPSA) is 67.8 Å². The molecule has 0 saturated carbocycles. The van der Waals surface area contributed by atoms with Gasteiger partial charge in [0.2, 0.25) is 6.79 Å². The number of nitrogens with one attached hydrogen (secondary N) is 1. The summed E-state index contributed by atoms with van der Waals surface area (Å²) in [5, 5.41) is 12.3. The number of ether oxygens (including phenoxy) is 2. The normalized spacial score (nSPS) is 25.4. The number of benzene rings is 1. The Morgan fingerprint density at radius 3 is 2.89 bits per heavy atom. The molecule has 2 aliphatic rings. The summed E-state index contributed by atoms with van der Waals surface area (Å²) in [4.78, 5) is 11.0. The van der Waals surface area contributed by atoms with Crippen LogP contribution in [0.4, 0.5) is 0 Å². The van der Waals surface area contributed by atoms with Gasteiger partial charge in [0.1, 0.15) is 0 Å². The Labute approximate surface area is 105 Å². The van der Waals surface area contributed by atoms with E-state index in [1.165, 1.54) is 0 Å². The number of carboxylic acids is 1. The molecule has 0 aromatic heterocycles. The Morgan fingerprint density at radius 1 is 1.39 bits per heavy atom. The molecule has 3 rings (SSSR count). The molecule has 1 fully saturated rings. The number of fused-ring (bicyclic) bond motifs is 1. The number of hydrogen-bond donors (Lipinski definition) is 2. The number of carboxylic acid groups (broad SMARTS) is 1. The van der Waals surface area contributed by atoms with E-state index < -0.39 is 5.97 Å². The van der Waals surface area contributed by atoms with Crippen LogP contribution in [0.2, 0.25) is 0 Å². The monoisotopic (exact) mass is 249 g/mol. The van der Waals surface area contributed by atoms with Crippen molar-refractivity contribution in [3.63, 3.8) is 0 Å². The number of aryl methyl sites for hydroxylation is 1. The first-order valence-electron chi connectivity index (χ1n) is 6.02. The highest BCUT2D eigenvalue weighted by Crippen LogP contribution is 2.43. The van der Waals surface area contributed by atoms with Crippen LogP contribution in [0.3, 0.4) is 0 Å². The molecule has 0 radical (unpaired) electrons. The first-order chi connectivity index (χ1) is 8.66. The average molecular weight is 249 g/mol. The molecule has 0 spiro atoms. The summed E-state index contributed by atoms with van der Waals surface area (Å²) < 4.78 is 10.9. The van der Waals surface area contributed by atoms with Crippen molar-refractivity contribution in [3.05, 3.63) is 23.3 Å². The summed E-state index contributed by atoms with van der Waals surface area (Å²) in [6, 6.07) is 4.01. The van der Waals surface area contributed by atoms with E-state index >= 15 is 0 Å². The van der Waals surface area contributed by atoms with Gasteiger partial charge in [-0.05, 0) is 18.9 Å². The fraction of sp³-hybridized carbons (Fsp3) is 0.462. The molecule has 2 atom stereocenters. The molecular weight excluding hydrogens is 234 g/mol. The Kier molecular flexibility index (Phi) is 2.63. The molecule has 0 bridgehead atoms. The van der Waals surface area contributed by atoms with Gasteiger partial charge >= 0.3 is 5.97 Å². The zero-order valence-corrected chi connectivity index (χ0v) is 10.1. The van der Waals surface area contributed by atoms with Crippen molar-refractivity contribution >= 4 is 5.97 Å². The van der Waals surface area contributed by atoms with Gasteiger partial charge in [-0.2, -0.15) is 0 Å². The van der Waals surface area contributed by atoms with Crippen molar-refractivity contribution in [2.45, 2.75) is 19.4 Å². The van der Waals surface area contributed by atoms with Crippen molar-refractivity contribution in [3.8, 4) is 11.5 Å². The van der Waals surface area contributed by atoms with Crippen LogP contribution in [0, 0.1) is 12.8 Å². The van der Waals surface area contributed by atoms with Crippen molar-refractivity contribution in [2.24, 2.45) is 5.92 Å². The fourth-order valence-electron chi connectivity index (χ4n) is 2.59. The predicted molar refractivity (Wildman–Crippen MR) is 63.8 cm³/mol. The minimum Gasteiger partial charge on any atom is -0.481 e. The second kappa shape index (κ2) is 4.17. The largest absolute Gasteiger partial charge is 0.481 e. The summed E-state index contributed by atoms with van der Waals surface area (Å²) in [5.41, 5.74) is 2.04. The fourth-order valence-corrected chi connectivity index (χ4v) is 2.59. The Bertz CT molecular complexity index is 500. The number of rotatable bonds is 2. The third-order valence-corrected chi connectivity index (χ3v) is 3.60. The minimum atomic E-state index is -0.745. The SMILES string of the molecule is Cc1ccc(C2CC(C(=O)O)CN2)c2c1OCO2. The number of carbonyl (C=O) groups is 1. The third kappa shape index (κ3) is 1.71. The van der Waals surface area contributed by atoms with Gasteiger partial charge in [0.25, 0.3) is 0 Å². The maximum atomic E-state index is 11.0. The lowest BCUT2D eigenvalue weighted by Crippen LogP contribution is -2.17. The Balaban J connectivity index is 1.90. The van der Waals surface area contributed by atoms with Crippen LogP contribution in [0.25, 0.3) is 0 Å². The van der Waals surface area contributed by atoms with Gasteiger partial charge in [0, 0.05) is 18.2 Å². The summed E-state index contributed by atoms with van der Waals surface area (Å²) in [5.74, 6) is 0.479. The van der Waals surface area contributed by atoms with Gasteiger partial charge in [-0.15, -0.1) is 0 Å². The van der Waals surface area contributed by atoms with Crippen molar-refractivity contribution in [2.75, 3.05) is 13.3 Å². The van der Waals surface area contributed by atoms with Crippen LogP contribution in [0.5, 0.6) is 11.5 Å². The lowest BCUT2D eigenvalue weighted by Gasteiger charge is -2.14. The lowest BCUT2D eigenvalue weighted by molar-refractivity contribution is -0.141. The molecule has 2 unspecified atom stereocenters. The third-order valence-electron chi connectivity index (χ3n) is 3.60. The average Bonchev–Trinajstić information content (AvgIpc) is 2.98. The zero-order chi connectivity index (χ0) is 12.7. The van der Waals surface area contributed by atoms with Crippen LogP contribution >= 0.6 is 0 Å². The molecule has 0 amide bonds. The zero-order valence-electron chi connectivity index (χ0n) is 10.1. The first-order valence-corrected chi connectivity index (χ1v) is 6.02. The molecule has 18 heavy (non-hydrogen) atoms. The molecule has 5 nitrogen and oxygen atoms in total. The van der Waals surface area contributed by atoms with Gasteiger partial charge in [-0.1, -0.05) is 12.1 Å². The van der Waals surface area contributed by atoms with Gasteiger partial charge in [-0.3, -0.25) is 4.79 Å². The van der Waals surface area contributed by atoms with Crippen LogP contribution in [-0.4, -0.2) is 24.4 Å². The molecule has 1 saturated heterocycles. The van der Waals surface area contributed by atoms with Crippen LogP contribution in [-0.2, 0) is 4.79 Å². The summed E-state index contributed by atoms with van der Waals surface area (Å²) >= 11 is 0. The second-order valence-corrected chi connectivity index (χ2v) is 4.77. The van der Waals surface area contributed by atoms with E-state index in [4.69, 9.17) is 14.6 Å². The molecule has 2 N–H and O–H groups in total. The van der Waals surface area contributed by atoms with Crippen LogP contribution in [0.15, 0.2) is 12.1 Å². The van der Waals surface area contributed by atoms with Gasteiger partial charge in [0.05, 0.1) is 5.92 Å². The molecule has 0 aliphatic carbocycles. The van der Waals surface area contributed by atoms with E-state index in [1.807, 2.05) is 19.1 Å². The second-order valence-electron chi connectivity index (χ2n) is 4.77. The molecule has 2 heterocycles. The van der Waals surface area contributed by atoms with E-state index in [9.17, 15) is 4.79 Å². The van der Waals surface area contributed by atoms with E-state index in [0.717, 1.165) is 22.6 Å². The number of hydrogen-bond acceptors (Lipinski definition) is 4. The lowest BCUT2D eigenvalue weighted by atomic mass is 9.98. The van der Waals surface area contributed by atoms with Crippen LogP contribution in [0.1, 0.15) is 23.6 Å². The van der Waals surface area contributed by atoms with Gasteiger partial charge in [0.15, 0.2) is 11.5 Å². The van der Waals surface area contributed by atoms with E-state index in [0.29, 0.717) is 13.0 Å². The smallest absolute Gasteiger partial charge is 0.307 e. The van der Waals surface area contributed by atoms with E-state index in [2.05, 4.69) is 5.32 Å². The highest BCUT2D eigenvalue weighted by atomic mass is 16.7. The molecule has 1 aromatic rings. The van der Waals surface area contributed by atoms with Crippen molar-refractivity contribution < 1.29 is 19.4 Å². The minimum absolute atomic E-state index is 0.0298. The number of aliphatic carboxylic acids is 1. The van der Waals surface area contributed by atoms with Crippen molar-refractivity contribution in [1.82, 2.24) is 5.32 Å². The standard InChI is InChI=1S/C13H15NO4/c1-7-2-3-9(12-11(7)17-6-18-12)10-4-8(5-14-10)13(15)16/h2-3,8,10,14H,4-6H2,1H3,(H,15,16). The maximum absolute atomic E-state index is 11.0. The van der Waals surface area contributed by atoms with Gasteiger partial charge in [-0.25, -0.2) is 0 Å². The van der Waals surface area contributed by atoms with E-state index in [1.54, 1.807) is 0 Å². The molecule has 2 aliphatic heterocycles. The maximum Gasteiger partial charge on any atom is 0.307 e. The summed E-state index contributed by atoms with van der Waals surface area (Å²) in [7, 11) is 0. The molecular formula is C13H15NO4. The molecule has 5 heteroatoms. The summed E-state index contributed by atoms with van der Waals surface area (Å²) in [6.07, 6.45) is 0.591. The highest BCUT2D eigenvalue weighted by Gasteiger charge is 2.33. The predicted octanol–water partition coefficient (Wildman–Crippen LogP) is 1.46. The van der Waals surface area contributed by atoms with Crippen molar-refractivity contribution in [1.29, 1.82) is 0 Å². The summed E-state index contributed by atoms with van der Waals surface area (Å²) in [6.45, 7) is 2.71. The molecule has 96 valence electrons. The highest BCUT2D eigenvalue weighted by molar-refractivity contribution is 5.71.